The van der Waals surface area contributed by atoms with Gasteiger partial charge in [0.1, 0.15) is 6.04 Å². The molecule has 0 saturated heterocycles. The van der Waals surface area contributed by atoms with Gasteiger partial charge in [0.25, 0.3) is 5.91 Å². The van der Waals surface area contributed by atoms with Crippen LogP contribution in [0.4, 0.5) is 0 Å². The number of ether oxygens (including phenoxy) is 2. The van der Waals surface area contributed by atoms with Gasteiger partial charge in [-0.2, -0.15) is 0 Å². The number of nitrogens with one attached hydrogen (secondary N) is 1. The van der Waals surface area contributed by atoms with Crippen molar-refractivity contribution < 1.29 is 23.9 Å². The van der Waals surface area contributed by atoms with Crippen molar-refractivity contribution in [1.82, 2.24) is 5.32 Å². The fourth-order valence-electron chi connectivity index (χ4n) is 2.37. The fourth-order valence-corrected chi connectivity index (χ4v) is 2.97. The molecule has 1 amide bonds. The van der Waals surface area contributed by atoms with Crippen LogP contribution in [-0.4, -0.2) is 38.1 Å². The molecule has 0 unspecified atom stereocenters. The molecule has 26 heavy (non-hydrogen) atoms. The van der Waals surface area contributed by atoms with Gasteiger partial charge in [-0.3, -0.25) is 4.79 Å². The third-order valence-corrected chi connectivity index (χ3v) is 4.77. The van der Waals surface area contributed by atoms with Gasteiger partial charge in [0.15, 0.2) is 0 Å². The van der Waals surface area contributed by atoms with Crippen LogP contribution < -0.4 is 5.32 Å². The maximum atomic E-state index is 12.5. The zero-order chi connectivity index (χ0) is 19.1. The standard InChI is InChI=1S/C19H18INO5/c1-25-18(23)14-8-5-7-13(10-14)17(22)21-16(19(24)26-2)11-12-6-3-4-9-15(12)20/h3-10,16H,11H2,1-2H3,(H,21,22)/t16-/m1/s1. The molecule has 1 atom stereocenters. The Morgan fingerprint density at radius 3 is 2.35 bits per heavy atom. The summed E-state index contributed by atoms with van der Waals surface area (Å²) in [5, 5.41) is 2.67. The lowest BCUT2D eigenvalue weighted by molar-refractivity contribution is -0.142. The third kappa shape index (κ3) is 5.04. The van der Waals surface area contributed by atoms with E-state index in [1.54, 1.807) is 18.2 Å². The molecule has 0 bridgehead atoms. The molecular formula is C19H18INO5. The molecule has 2 rings (SSSR count). The highest BCUT2D eigenvalue weighted by atomic mass is 127. The predicted octanol–water partition coefficient (Wildman–Crippen LogP) is 2.59. The van der Waals surface area contributed by atoms with Crippen LogP contribution in [0, 0.1) is 3.57 Å². The number of hydrogen-bond donors (Lipinski definition) is 1. The Labute approximate surface area is 165 Å². The lowest BCUT2D eigenvalue weighted by atomic mass is 10.0. The van der Waals surface area contributed by atoms with E-state index in [-0.39, 0.29) is 11.1 Å². The van der Waals surface area contributed by atoms with Crippen molar-refractivity contribution in [3.63, 3.8) is 0 Å². The van der Waals surface area contributed by atoms with E-state index >= 15 is 0 Å². The van der Waals surface area contributed by atoms with Gasteiger partial charge in [-0.25, -0.2) is 9.59 Å². The second kappa shape index (κ2) is 9.33. The molecule has 0 aliphatic rings. The molecule has 0 spiro atoms. The van der Waals surface area contributed by atoms with Crippen molar-refractivity contribution in [2.75, 3.05) is 14.2 Å². The van der Waals surface area contributed by atoms with Crippen LogP contribution in [0.3, 0.4) is 0 Å². The minimum atomic E-state index is -0.842. The Hall–Kier alpha value is -2.42. The number of benzene rings is 2. The first-order chi connectivity index (χ1) is 12.5. The number of methoxy groups -OCH3 is 2. The summed E-state index contributed by atoms with van der Waals surface area (Å²) in [5.41, 5.74) is 1.43. The summed E-state index contributed by atoms with van der Waals surface area (Å²) in [6, 6.07) is 12.8. The van der Waals surface area contributed by atoms with Crippen LogP contribution in [0.1, 0.15) is 26.3 Å². The molecule has 0 aromatic heterocycles. The average molecular weight is 467 g/mol. The van der Waals surface area contributed by atoms with Gasteiger partial charge in [-0.05, 0) is 52.4 Å². The number of hydrogen-bond acceptors (Lipinski definition) is 5. The van der Waals surface area contributed by atoms with Gasteiger partial charge in [0, 0.05) is 15.6 Å². The molecule has 7 heteroatoms. The van der Waals surface area contributed by atoms with Gasteiger partial charge in [0.05, 0.1) is 19.8 Å². The number of amides is 1. The van der Waals surface area contributed by atoms with E-state index in [4.69, 9.17) is 4.74 Å². The van der Waals surface area contributed by atoms with E-state index in [1.165, 1.54) is 20.3 Å². The van der Waals surface area contributed by atoms with Crippen LogP contribution in [-0.2, 0) is 20.7 Å². The molecular weight excluding hydrogens is 449 g/mol. The number of esters is 2. The second-order valence-corrected chi connectivity index (χ2v) is 6.58. The summed E-state index contributed by atoms with van der Waals surface area (Å²) < 4.78 is 10.5. The molecule has 1 N–H and O–H groups in total. The number of rotatable bonds is 6. The molecule has 2 aromatic rings. The monoisotopic (exact) mass is 467 g/mol. The molecule has 0 saturated carbocycles. The Morgan fingerprint density at radius 2 is 1.69 bits per heavy atom. The maximum absolute atomic E-state index is 12.5. The number of halogens is 1. The SMILES string of the molecule is COC(=O)c1cccc(C(=O)N[C@H](Cc2ccccc2I)C(=O)OC)c1. The topological polar surface area (TPSA) is 81.7 Å². The molecule has 0 heterocycles. The lowest BCUT2D eigenvalue weighted by Gasteiger charge is -2.17. The van der Waals surface area contributed by atoms with Crippen molar-refractivity contribution in [2.24, 2.45) is 0 Å². The van der Waals surface area contributed by atoms with Gasteiger partial charge in [0.2, 0.25) is 0 Å². The molecule has 6 nitrogen and oxygen atoms in total. The molecule has 136 valence electrons. The van der Waals surface area contributed by atoms with Gasteiger partial charge in [-0.1, -0.05) is 24.3 Å². The highest BCUT2D eigenvalue weighted by Gasteiger charge is 2.23. The summed E-state index contributed by atoms with van der Waals surface area (Å²) in [6.45, 7) is 0. The summed E-state index contributed by atoms with van der Waals surface area (Å²) in [7, 11) is 2.54. The molecule has 2 aromatic carbocycles. The normalized spacial score (nSPS) is 11.3. The Balaban J connectivity index is 2.20. The van der Waals surface area contributed by atoms with E-state index in [9.17, 15) is 14.4 Å². The summed E-state index contributed by atoms with van der Waals surface area (Å²) >= 11 is 2.17. The first kappa shape index (κ1) is 19.9. The minimum Gasteiger partial charge on any atom is -0.467 e. The smallest absolute Gasteiger partial charge is 0.337 e. The van der Waals surface area contributed by atoms with Crippen molar-refractivity contribution in [3.05, 3.63) is 68.8 Å². The van der Waals surface area contributed by atoms with Gasteiger partial charge < -0.3 is 14.8 Å². The predicted molar refractivity (Wildman–Crippen MR) is 104 cm³/mol. The van der Waals surface area contributed by atoms with Crippen LogP contribution in [0.15, 0.2) is 48.5 Å². The van der Waals surface area contributed by atoms with E-state index in [1.807, 2.05) is 24.3 Å². The van der Waals surface area contributed by atoms with Crippen molar-refractivity contribution in [2.45, 2.75) is 12.5 Å². The van der Waals surface area contributed by atoms with E-state index in [2.05, 4.69) is 32.6 Å². The van der Waals surface area contributed by atoms with Crippen LogP contribution >= 0.6 is 22.6 Å². The summed E-state index contributed by atoms with van der Waals surface area (Å²) in [6.07, 6.45) is 0.300. The summed E-state index contributed by atoms with van der Waals surface area (Å²) in [5.74, 6) is -1.55. The van der Waals surface area contributed by atoms with Gasteiger partial charge in [-0.15, -0.1) is 0 Å². The van der Waals surface area contributed by atoms with Crippen LogP contribution in [0.25, 0.3) is 0 Å². The van der Waals surface area contributed by atoms with E-state index < -0.39 is 23.9 Å². The molecule has 0 fully saturated rings. The largest absolute Gasteiger partial charge is 0.467 e. The highest BCUT2D eigenvalue weighted by Crippen LogP contribution is 2.15. The minimum absolute atomic E-state index is 0.254. The first-order valence-corrected chi connectivity index (χ1v) is 8.84. The fraction of sp³-hybridized carbons (Fsp3) is 0.211. The van der Waals surface area contributed by atoms with E-state index in [0.717, 1.165) is 9.13 Å². The van der Waals surface area contributed by atoms with Crippen LogP contribution in [0.5, 0.6) is 0 Å². The van der Waals surface area contributed by atoms with Crippen LogP contribution in [0.2, 0.25) is 0 Å². The molecule has 0 aliphatic heterocycles. The maximum Gasteiger partial charge on any atom is 0.337 e. The zero-order valence-electron chi connectivity index (χ0n) is 14.3. The quantitative estimate of drug-likeness (QED) is 0.522. The zero-order valence-corrected chi connectivity index (χ0v) is 16.5. The average Bonchev–Trinajstić information content (AvgIpc) is 2.67. The Kier molecular flexibility index (Phi) is 7.14. The Bertz CT molecular complexity index is 821. The van der Waals surface area contributed by atoms with E-state index in [0.29, 0.717) is 6.42 Å². The molecule has 0 radical (unpaired) electrons. The highest BCUT2D eigenvalue weighted by molar-refractivity contribution is 14.1. The van der Waals surface area contributed by atoms with Crippen molar-refractivity contribution >= 4 is 40.4 Å². The number of carbonyl (C=O) groups is 3. The summed E-state index contributed by atoms with van der Waals surface area (Å²) in [4.78, 5) is 36.3. The molecule has 0 aliphatic carbocycles. The second-order valence-electron chi connectivity index (χ2n) is 5.42. The number of carbonyl (C=O) groups excluding carboxylic acids is 3. The van der Waals surface area contributed by atoms with Crippen molar-refractivity contribution in [1.29, 1.82) is 0 Å². The first-order valence-electron chi connectivity index (χ1n) is 7.76. The Morgan fingerprint density at radius 1 is 1.00 bits per heavy atom. The third-order valence-electron chi connectivity index (χ3n) is 3.72. The van der Waals surface area contributed by atoms with Gasteiger partial charge >= 0.3 is 11.9 Å². The lowest BCUT2D eigenvalue weighted by Crippen LogP contribution is -2.43. The van der Waals surface area contributed by atoms with Crippen molar-refractivity contribution in [3.8, 4) is 0 Å².